The van der Waals surface area contributed by atoms with Gasteiger partial charge in [-0.25, -0.2) is 0 Å². The van der Waals surface area contributed by atoms with Gasteiger partial charge in [0.15, 0.2) is 0 Å². The van der Waals surface area contributed by atoms with Gasteiger partial charge in [-0.05, 0) is 101 Å². The van der Waals surface area contributed by atoms with Crippen LogP contribution >= 0.6 is 0 Å². The maximum absolute atomic E-state index is 10.2. The molecule has 0 amide bonds. The molecule has 2 fully saturated rings. The molecule has 156 valence electrons. The lowest BCUT2D eigenvalue weighted by Crippen LogP contribution is -2.41. The van der Waals surface area contributed by atoms with Crippen molar-refractivity contribution in [3.63, 3.8) is 0 Å². The molecule has 1 nitrogen and oxygen atoms in total. The number of aliphatic hydroxyl groups is 1. The standard InChI is InChI=1S/C27H42O/c1-18(2)7-6-8-19(3)23-11-12-24-22-10-9-20-17-21(28)13-15-26(20,4)25(22)14-16-27(23,24)5/h7,9,19,21,23-24,28H,6,8,10-17H2,1-5H3/t19-,21?,23-,24+,26+,27-/m1/s1. The molecule has 0 aromatic heterocycles. The molecule has 0 radical (unpaired) electrons. The Morgan fingerprint density at radius 2 is 2.00 bits per heavy atom. The molecule has 4 aliphatic rings. The quantitative estimate of drug-likeness (QED) is 0.503. The minimum atomic E-state index is -0.104. The molecule has 1 N–H and O–H groups in total. The Kier molecular flexibility index (Phi) is 5.45. The molecule has 4 aliphatic carbocycles. The van der Waals surface area contributed by atoms with E-state index in [9.17, 15) is 5.11 Å². The third-order valence-electron chi connectivity index (χ3n) is 9.37. The van der Waals surface area contributed by atoms with E-state index in [0.29, 0.717) is 5.41 Å². The summed E-state index contributed by atoms with van der Waals surface area (Å²) in [6, 6.07) is 0. The fourth-order valence-electron chi connectivity index (χ4n) is 7.71. The van der Waals surface area contributed by atoms with E-state index >= 15 is 0 Å². The highest BCUT2D eigenvalue weighted by Crippen LogP contribution is 2.64. The van der Waals surface area contributed by atoms with Crippen molar-refractivity contribution in [2.45, 2.75) is 105 Å². The van der Waals surface area contributed by atoms with Crippen molar-refractivity contribution >= 4 is 0 Å². The Morgan fingerprint density at radius 1 is 1.21 bits per heavy atom. The molecular formula is C27H42O. The highest BCUT2D eigenvalue weighted by Gasteiger charge is 2.54. The largest absolute Gasteiger partial charge is 0.393 e. The van der Waals surface area contributed by atoms with Gasteiger partial charge in [0.25, 0.3) is 0 Å². The zero-order chi connectivity index (χ0) is 20.1. The summed E-state index contributed by atoms with van der Waals surface area (Å²) in [5.74, 6) is 2.54. The van der Waals surface area contributed by atoms with Crippen LogP contribution in [0.15, 0.2) is 34.4 Å². The minimum Gasteiger partial charge on any atom is -0.393 e. The van der Waals surface area contributed by atoms with Crippen molar-refractivity contribution in [2.75, 3.05) is 0 Å². The third kappa shape index (κ3) is 3.26. The van der Waals surface area contributed by atoms with Gasteiger partial charge in [0, 0.05) is 5.41 Å². The number of hydrogen-bond acceptors (Lipinski definition) is 1. The molecule has 0 heterocycles. The van der Waals surface area contributed by atoms with E-state index in [2.05, 4.69) is 46.8 Å². The molecule has 0 saturated heterocycles. The van der Waals surface area contributed by atoms with Crippen LogP contribution in [0.5, 0.6) is 0 Å². The normalized spacial score (nSPS) is 40.9. The summed E-state index contributed by atoms with van der Waals surface area (Å²) in [7, 11) is 0. The summed E-state index contributed by atoms with van der Waals surface area (Å²) in [5, 5.41) is 10.2. The molecule has 28 heavy (non-hydrogen) atoms. The van der Waals surface area contributed by atoms with Crippen LogP contribution in [0.2, 0.25) is 0 Å². The molecule has 1 unspecified atom stereocenters. The molecule has 0 bridgehead atoms. The van der Waals surface area contributed by atoms with Crippen LogP contribution < -0.4 is 0 Å². The average Bonchev–Trinajstić information content (AvgIpc) is 2.99. The first-order chi connectivity index (χ1) is 13.3. The van der Waals surface area contributed by atoms with Crippen LogP contribution in [-0.4, -0.2) is 11.2 Å². The monoisotopic (exact) mass is 382 g/mol. The van der Waals surface area contributed by atoms with Crippen LogP contribution in [0.1, 0.15) is 98.8 Å². The van der Waals surface area contributed by atoms with Gasteiger partial charge < -0.3 is 5.11 Å². The summed E-state index contributed by atoms with van der Waals surface area (Å²) in [4.78, 5) is 0. The molecule has 2 saturated carbocycles. The van der Waals surface area contributed by atoms with Gasteiger partial charge in [-0.1, -0.05) is 55.2 Å². The molecule has 0 aromatic carbocycles. The SMILES string of the molecule is CC(C)=CCC[C@@H](C)[C@H]1CC[C@H]2C3=C(CC[C@]12C)[C@@]1(C)CCC(O)CC1=CC3. The van der Waals surface area contributed by atoms with Gasteiger partial charge in [0.1, 0.15) is 0 Å². The Balaban J connectivity index is 1.55. The highest BCUT2D eigenvalue weighted by atomic mass is 16.3. The Bertz CT molecular complexity index is 706. The molecule has 0 aromatic rings. The molecule has 0 aliphatic heterocycles. The predicted octanol–water partition coefficient (Wildman–Crippen LogP) is 7.37. The molecular weight excluding hydrogens is 340 g/mol. The molecule has 4 rings (SSSR count). The zero-order valence-electron chi connectivity index (χ0n) is 19.0. The second kappa shape index (κ2) is 7.46. The van der Waals surface area contributed by atoms with Crippen LogP contribution in [0, 0.1) is 28.6 Å². The first-order valence-electron chi connectivity index (χ1n) is 12.0. The maximum Gasteiger partial charge on any atom is 0.0578 e. The number of rotatable bonds is 4. The summed E-state index contributed by atoms with van der Waals surface area (Å²) in [5.41, 5.74) is 7.43. The smallest absolute Gasteiger partial charge is 0.0578 e. The van der Waals surface area contributed by atoms with Crippen molar-refractivity contribution in [3.8, 4) is 0 Å². The summed E-state index contributed by atoms with van der Waals surface area (Å²) < 4.78 is 0. The molecule has 1 heteroatoms. The van der Waals surface area contributed by atoms with E-state index < -0.39 is 0 Å². The van der Waals surface area contributed by atoms with Crippen LogP contribution in [-0.2, 0) is 0 Å². The topological polar surface area (TPSA) is 20.2 Å². The number of allylic oxidation sites excluding steroid dienone is 5. The van der Waals surface area contributed by atoms with Gasteiger partial charge in [0.2, 0.25) is 0 Å². The average molecular weight is 383 g/mol. The zero-order valence-corrected chi connectivity index (χ0v) is 19.0. The lowest BCUT2D eigenvalue weighted by atomic mass is 9.53. The van der Waals surface area contributed by atoms with E-state index in [1.54, 1.807) is 11.1 Å². The first-order valence-corrected chi connectivity index (χ1v) is 12.0. The summed E-state index contributed by atoms with van der Waals surface area (Å²) in [6.45, 7) is 12.1. The van der Waals surface area contributed by atoms with Crippen molar-refractivity contribution in [1.29, 1.82) is 0 Å². The van der Waals surface area contributed by atoms with Crippen LogP contribution in [0.4, 0.5) is 0 Å². The van der Waals surface area contributed by atoms with Crippen molar-refractivity contribution < 1.29 is 5.11 Å². The Hall–Kier alpha value is -0.820. The number of fused-ring (bicyclic) bond motifs is 4. The Labute approximate surface area is 173 Å². The van der Waals surface area contributed by atoms with Crippen molar-refractivity contribution in [3.05, 3.63) is 34.4 Å². The Morgan fingerprint density at radius 3 is 2.75 bits per heavy atom. The second-order valence-corrected chi connectivity index (χ2v) is 11.2. The maximum atomic E-state index is 10.2. The van der Waals surface area contributed by atoms with Gasteiger partial charge in [0.05, 0.1) is 6.10 Å². The van der Waals surface area contributed by atoms with Gasteiger partial charge in [-0.3, -0.25) is 0 Å². The first kappa shape index (κ1) is 20.5. The van der Waals surface area contributed by atoms with E-state index in [4.69, 9.17) is 0 Å². The molecule has 0 spiro atoms. The van der Waals surface area contributed by atoms with Gasteiger partial charge in [-0.15, -0.1) is 0 Å². The van der Waals surface area contributed by atoms with Crippen LogP contribution in [0.25, 0.3) is 0 Å². The van der Waals surface area contributed by atoms with E-state index in [0.717, 1.165) is 37.0 Å². The lowest BCUT2D eigenvalue weighted by molar-refractivity contribution is 0.0875. The fourth-order valence-corrected chi connectivity index (χ4v) is 7.71. The number of hydrogen-bond donors (Lipinski definition) is 1. The molecule has 6 atom stereocenters. The summed E-state index contributed by atoms with van der Waals surface area (Å²) >= 11 is 0. The minimum absolute atomic E-state index is 0.104. The predicted molar refractivity (Wildman–Crippen MR) is 119 cm³/mol. The van der Waals surface area contributed by atoms with E-state index in [1.807, 2.05) is 5.57 Å². The van der Waals surface area contributed by atoms with E-state index in [-0.39, 0.29) is 11.5 Å². The fraction of sp³-hybridized carbons (Fsp3) is 0.778. The van der Waals surface area contributed by atoms with Gasteiger partial charge in [-0.2, -0.15) is 0 Å². The second-order valence-electron chi connectivity index (χ2n) is 11.2. The van der Waals surface area contributed by atoms with E-state index in [1.165, 1.54) is 50.5 Å². The van der Waals surface area contributed by atoms with Crippen LogP contribution in [0.3, 0.4) is 0 Å². The third-order valence-corrected chi connectivity index (χ3v) is 9.37. The van der Waals surface area contributed by atoms with Crippen molar-refractivity contribution in [1.82, 2.24) is 0 Å². The summed E-state index contributed by atoms with van der Waals surface area (Å²) in [6.07, 6.45) is 17.2. The lowest BCUT2D eigenvalue weighted by Gasteiger charge is -2.52. The highest BCUT2D eigenvalue weighted by molar-refractivity contribution is 5.43. The van der Waals surface area contributed by atoms with Gasteiger partial charge >= 0.3 is 0 Å². The van der Waals surface area contributed by atoms with Crippen molar-refractivity contribution in [2.24, 2.45) is 28.6 Å². The number of aliphatic hydroxyl groups excluding tert-OH is 1.